The second kappa shape index (κ2) is 13.9. The molecule has 3 aromatic heterocycles. The van der Waals surface area contributed by atoms with Crippen molar-refractivity contribution in [2.24, 2.45) is 0 Å². The minimum atomic E-state index is 1.00. The molecular formula is C59H36N2S. The first kappa shape index (κ1) is 35.0. The molecule has 3 heteroatoms. The number of imidazole rings is 1. The van der Waals surface area contributed by atoms with Gasteiger partial charge in [-0.3, -0.25) is 4.40 Å². The molecule has 10 aromatic carbocycles. The van der Waals surface area contributed by atoms with Crippen molar-refractivity contribution in [3.63, 3.8) is 0 Å². The Balaban J connectivity index is 0.939. The van der Waals surface area contributed by atoms with E-state index in [1.54, 1.807) is 0 Å². The largest absolute Gasteiger partial charge is 0.291 e. The number of pyridine rings is 1. The number of rotatable bonds is 5. The molecule has 0 aliphatic rings. The monoisotopic (exact) mass is 804 g/mol. The van der Waals surface area contributed by atoms with E-state index in [2.05, 4.69) is 223 Å². The summed E-state index contributed by atoms with van der Waals surface area (Å²) < 4.78 is 4.93. The standard InChI is InChI=1S/C59H36N2S/c1-3-11-37(12-4-1)46-31-47(38-13-5-2-6-14-38)33-48(32-46)41-21-19-39(20-22-41)40-23-25-43(26-24-40)55-36-53-52-28-27-42-15-9-10-18-51(42)57(52)62-58(53)59-60-54-34-49-29-44-16-7-8-17-45(44)30-50(49)35-56(54)61(55)59/h1-36H. The van der Waals surface area contributed by atoms with Crippen LogP contribution in [0.15, 0.2) is 218 Å². The lowest BCUT2D eigenvalue weighted by molar-refractivity contribution is 1.25. The van der Waals surface area contributed by atoms with Gasteiger partial charge >= 0.3 is 0 Å². The van der Waals surface area contributed by atoms with E-state index < -0.39 is 0 Å². The number of fused-ring (bicyclic) bond motifs is 11. The normalized spacial score (nSPS) is 11.9. The average Bonchev–Trinajstić information content (AvgIpc) is 3.91. The highest BCUT2D eigenvalue weighted by atomic mass is 32.1. The minimum Gasteiger partial charge on any atom is -0.291 e. The molecule has 0 unspecified atom stereocenters. The van der Waals surface area contributed by atoms with Gasteiger partial charge in [0.2, 0.25) is 0 Å². The Morgan fingerprint density at radius 3 is 1.42 bits per heavy atom. The van der Waals surface area contributed by atoms with Crippen molar-refractivity contribution in [2.45, 2.75) is 0 Å². The number of aromatic nitrogens is 2. The second-order valence-electron chi connectivity index (χ2n) is 16.4. The number of hydrogen-bond acceptors (Lipinski definition) is 2. The first-order valence-corrected chi connectivity index (χ1v) is 22.0. The number of benzene rings is 10. The molecule has 0 N–H and O–H groups in total. The first-order chi connectivity index (χ1) is 30.7. The van der Waals surface area contributed by atoms with Crippen molar-refractivity contribution < 1.29 is 0 Å². The smallest absolute Gasteiger partial charge is 0.156 e. The third-order valence-electron chi connectivity index (χ3n) is 12.7. The van der Waals surface area contributed by atoms with Crippen LogP contribution in [0.3, 0.4) is 0 Å². The molecule has 13 rings (SSSR count). The van der Waals surface area contributed by atoms with Gasteiger partial charge < -0.3 is 0 Å². The Hall–Kier alpha value is -7.85. The van der Waals surface area contributed by atoms with Crippen LogP contribution < -0.4 is 0 Å². The van der Waals surface area contributed by atoms with Crippen LogP contribution in [0.25, 0.3) is 125 Å². The maximum absolute atomic E-state index is 5.45. The molecule has 0 bridgehead atoms. The summed E-state index contributed by atoms with van der Waals surface area (Å²) in [6, 6.07) is 79.9. The van der Waals surface area contributed by atoms with Gasteiger partial charge in [0.15, 0.2) is 5.65 Å². The Bertz CT molecular complexity index is 3820. The van der Waals surface area contributed by atoms with E-state index in [1.807, 2.05) is 11.3 Å². The topological polar surface area (TPSA) is 17.3 Å². The summed E-state index contributed by atoms with van der Waals surface area (Å²) in [6.45, 7) is 0. The molecule has 0 saturated carbocycles. The van der Waals surface area contributed by atoms with Crippen molar-refractivity contribution in [2.75, 3.05) is 0 Å². The lowest BCUT2D eigenvalue weighted by Gasteiger charge is -2.12. The zero-order valence-electron chi connectivity index (χ0n) is 33.6. The van der Waals surface area contributed by atoms with E-state index >= 15 is 0 Å². The lowest BCUT2D eigenvalue weighted by atomic mass is 9.92. The Labute approximate surface area is 362 Å². The summed E-state index contributed by atoms with van der Waals surface area (Å²) in [6.07, 6.45) is 0. The lowest BCUT2D eigenvalue weighted by Crippen LogP contribution is -1.93. The SMILES string of the molecule is c1ccc(-c2cc(-c3ccccc3)cc(-c3ccc(-c4ccc(-c5cc6c7ccc8ccccc8c7sc6c6nc7cc8cc9ccccc9cc8cc7n56)cc4)cc3)c2)cc1. The van der Waals surface area contributed by atoms with Crippen LogP contribution >= 0.6 is 11.3 Å². The van der Waals surface area contributed by atoms with E-state index in [9.17, 15) is 0 Å². The Morgan fingerprint density at radius 1 is 0.306 bits per heavy atom. The summed E-state index contributed by atoms with van der Waals surface area (Å²) in [5, 5.41) is 9.98. The molecule has 3 heterocycles. The molecule has 0 aliphatic carbocycles. The molecule has 0 spiro atoms. The van der Waals surface area contributed by atoms with E-state index in [-0.39, 0.29) is 0 Å². The quantitative estimate of drug-likeness (QED) is 0.158. The predicted molar refractivity (Wildman–Crippen MR) is 265 cm³/mol. The van der Waals surface area contributed by atoms with Crippen LogP contribution in [-0.2, 0) is 0 Å². The van der Waals surface area contributed by atoms with Crippen LogP contribution in [0.5, 0.6) is 0 Å². The average molecular weight is 805 g/mol. The fourth-order valence-corrected chi connectivity index (χ4v) is 10.9. The summed E-state index contributed by atoms with van der Waals surface area (Å²) >= 11 is 1.86. The van der Waals surface area contributed by atoms with Crippen LogP contribution in [0, 0.1) is 0 Å². The highest BCUT2D eigenvalue weighted by Crippen LogP contribution is 2.44. The molecule has 62 heavy (non-hydrogen) atoms. The third kappa shape index (κ3) is 5.67. The zero-order chi connectivity index (χ0) is 40.7. The van der Waals surface area contributed by atoms with Gasteiger partial charge in [-0.1, -0.05) is 170 Å². The van der Waals surface area contributed by atoms with E-state index in [1.165, 1.54) is 97.0 Å². The molecule has 0 amide bonds. The van der Waals surface area contributed by atoms with E-state index in [0.29, 0.717) is 0 Å². The van der Waals surface area contributed by atoms with Crippen LogP contribution in [-0.4, -0.2) is 9.38 Å². The van der Waals surface area contributed by atoms with Gasteiger partial charge in [0, 0.05) is 15.5 Å². The molecule has 288 valence electrons. The van der Waals surface area contributed by atoms with Gasteiger partial charge in [-0.25, -0.2) is 4.98 Å². The van der Waals surface area contributed by atoms with Gasteiger partial charge in [-0.15, -0.1) is 11.3 Å². The zero-order valence-corrected chi connectivity index (χ0v) is 34.4. The maximum Gasteiger partial charge on any atom is 0.156 e. The third-order valence-corrected chi connectivity index (χ3v) is 14.0. The van der Waals surface area contributed by atoms with E-state index in [0.717, 1.165) is 27.9 Å². The van der Waals surface area contributed by atoms with Crippen molar-refractivity contribution in [3.05, 3.63) is 218 Å². The fraction of sp³-hybridized carbons (Fsp3) is 0. The molecule has 0 atom stereocenters. The highest BCUT2D eigenvalue weighted by molar-refractivity contribution is 7.27. The van der Waals surface area contributed by atoms with Gasteiger partial charge in [0.25, 0.3) is 0 Å². The molecular weight excluding hydrogens is 769 g/mol. The summed E-state index contributed by atoms with van der Waals surface area (Å²) in [7, 11) is 0. The van der Waals surface area contributed by atoms with Gasteiger partial charge in [-0.2, -0.15) is 0 Å². The summed E-state index contributed by atoms with van der Waals surface area (Å²) in [5.41, 5.74) is 15.0. The Kier molecular flexibility index (Phi) is 7.81. The predicted octanol–water partition coefficient (Wildman–Crippen LogP) is 16.6. The Morgan fingerprint density at radius 2 is 0.806 bits per heavy atom. The number of thiophene rings is 1. The molecule has 0 aliphatic heterocycles. The van der Waals surface area contributed by atoms with Crippen molar-refractivity contribution in [1.29, 1.82) is 0 Å². The molecule has 13 aromatic rings. The van der Waals surface area contributed by atoms with Gasteiger partial charge in [0.1, 0.15) is 0 Å². The van der Waals surface area contributed by atoms with E-state index in [4.69, 9.17) is 4.98 Å². The van der Waals surface area contributed by atoms with Crippen molar-refractivity contribution >= 4 is 80.5 Å². The minimum absolute atomic E-state index is 1.00. The first-order valence-electron chi connectivity index (χ1n) is 21.2. The van der Waals surface area contributed by atoms with Crippen LogP contribution in [0.2, 0.25) is 0 Å². The summed E-state index contributed by atoms with van der Waals surface area (Å²) in [4.78, 5) is 5.45. The fourth-order valence-electron chi connectivity index (χ4n) is 9.56. The van der Waals surface area contributed by atoms with Crippen LogP contribution in [0.1, 0.15) is 0 Å². The molecule has 0 saturated heterocycles. The number of nitrogens with zero attached hydrogens (tertiary/aromatic N) is 2. The van der Waals surface area contributed by atoms with Gasteiger partial charge in [-0.05, 0) is 131 Å². The maximum atomic E-state index is 5.45. The second-order valence-corrected chi connectivity index (χ2v) is 17.4. The molecule has 0 fully saturated rings. The molecule has 2 nitrogen and oxygen atoms in total. The van der Waals surface area contributed by atoms with Crippen molar-refractivity contribution in [3.8, 4) is 55.8 Å². The van der Waals surface area contributed by atoms with Crippen LogP contribution in [0.4, 0.5) is 0 Å². The molecule has 0 radical (unpaired) electrons. The highest BCUT2D eigenvalue weighted by Gasteiger charge is 2.20. The van der Waals surface area contributed by atoms with Gasteiger partial charge in [0.05, 0.1) is 21.4 Å². The summed E-state index contributed by atoms with van der Waals surface area (Å²) in [5.74, 6) is 0. The number of hydrogen-bond donors (Lipinski definition) is 0. The van der Waals surface area contributed by atoms with Crippen molar-refractivity contribution in [1.82, 2.24) is 9.38 Å².